The fraction of sp³-hybridized carbons (Fsp3) is 0.462. The van der Waals surface area contributed by atoms with Crippen LogP contribution in [0.1, 0.15) is 24.7 Å². The van der Waals surface area contributed by atoms with E-state index in [0.29, 0.717) is 18.8 Å². The molecule has 0 N–H and O–H groups in total. The van der Waals surface area contributed by atoms with Gasteiger partial charge in [-0.1, -0.05) is 0 Å². The summed E-state index contributed by atoms with van der Waals surface area (Å²) >= 11 is 9.43. The Hall–Kier alpha value is -1.14. The van der Waals surface area contributed by atoms with Crippen molar-refractivity contribution in [3.8, 4) is 0 Å². The van der Waals surface area contributed by atoms with Gasteiger partial charge < -0.3 is 9.47 Å². The molecule has 7 heteroatoms. The second kappa shape index (κ2) is 5.33. The van der Waals surface area contributed by atoms with Crippen molar-refractivity contribution in [2.75, 3.05) is 13.6 Å². The predicted molar refractivity (Wildman–Crippen MR) is 80.7 cm³/mol. The number of pyridine rings is 1. The molecule has 1 unspecified atom stereocenters. The summed E-state index contributed by atoms with van der Waals surface area (Å²) in [4.78, 5) is 22.4. The molecule has 0 radical (unpaired) electrons. The van der Waals surface area contributed by atoms with Gasteiger partial charge in [-0.25, -0.2) is 9.97 Å². The van der Waals surface area contributed by atoms with E-state index in [4.69, 9.17) is 11.6 Å². The van der Waals surface area contributed by atoms with Crippen molar-refractivity contribution in [3.05, 3.63) is 22.6 Å². The Morgan fingerprint density at radius 1 is 1.55 bits per heavy atom. The van der Waals surface area contributed by atoms with Crippen LogP contribution in [-0.2, 0) is 10.7 Å². The first-order valence-electron chi connectivity index (χ1n) is 6.42. The van der Waals surface area contributed by atoms with Gasteiger partial charge in [-0.2, -0.15) is 0 Å². The minimum atomic E-state index is 0.185. The molecule has 20 heavy (non-hydrogen) atoms. The number of aromatic nitrogens is 3. The van der Waals surface area contributed by atoms with Gasteiger partial charge in [0, 0.05) is 30.7 Å². The van der Waals surface area contributed by atoms with Gasteiger partial charge in [0.2, 0.25) is 5.91 Å². The first-order valence-corrected chi connectivity index (χ1v) is 7.75. The van der Waals surface area contributed by atoms with Gasteiger partial charge in [0.25, 0.3) is 0 Å². The molecule has 106 valence electrons. The van der Waals surface area contributed by atoms with Crippen LogP contribution in [0.2, 0.25) is 0 Å². The number of carbonyl (C=O) groups is 1. The molecule has 0 saturated carbocycles. The molecule has 0 bridgehead atoms. The lowest BCUT2D eigenvalue weighted by molar-refractivity contribution is -0.132. The maximum Gasteiger partial charge on any atom is 0.222 e. The summed E-state index contributed by atoms with van der Waals surface area (Å²) in [5.74, 6) is 1.33. The summed E-state index contributed by atoms with van der Waals surface area (Å²) in [6, 6.07) is 2.12. The van der Waals surface area contributed by atoms with E-state index < -0.39 is 0 Å². The number of likely N-dealkylation sites (N-methyl/N-ethyl adjacent to an activating group) is 1. The van der Waals surface area contributed by atoms with E-state index >= 15 is 0 Å². The SMILES string of the molecule is CN1CC(n2c(CCl)nc3cc(Br)cnc32)CCC1=O. The Morgan fingerprint density at radius 2 is 2.35 bits per heavy atom. The molecule has 0 spiro atoms. The maximum atomic E-state index is 11.6. The van der Waals surface area contributed by atoms with Crippen LogP contribution in [0.4, 0.5) is 0 Å². The Morgan fingerprint density at radius 3 is 3.05 bits per heavy atom. The molecule has 1 aliphatic heterocycles. The predicted octanol–water partition coefficient (Wildman–Crippen LogP) is 2.73. The Labute approximate surface area is 130 Å². The highest BCUT2D eigenvalue weighted by Gasteiger charge is 2.27. The Bertz CT molecular complexity index is 672. The fourth-order valence-electron chi connectivity index (χ4n) is 2.68. The van der Waals surface area contributed by atoms with Crippen molar-refractivity contribution in [3.63, 3.8) is 0 Å². The molecule has 1 saturated heterocycles. The number of rotatable bonds is 2. The van der Waals surface area contributed by atoms with Crippen LogP contribution in [0.25, 0.3) is 11.2 Å². The molecule has 1 fully saturated rings. The molecule has 0 aromatic carbocycles. The van der Waals surface area contributed by atoms with Crippen LogP contribution in [-0.4, -0.2) is 38.9 Å². The lowest BCUT2D eigenvalue weighted by atomic mass is 10.1. The average Bonchev–Trinajstić information content (AvgIpc) is 2.79. The minimum Gasteiger partial charge on any atom is -0.344 e. The van der Waals surface area contributed by atoms with Crippen molar-refractivity contribution in [2.24, 2.45) is 0 Å². The smallest absolute Gasteiger partial charge is 0.222 e. The number of halogens is 2. The zero-order valence-electron chi connectivity index (χ0n) is 11.0. The molecule has 3 heterocycles. The van der Waals surface area contributed by atoms with E-state index in [9.17, 15) is 4.79 Å². The highest BCUT2D eigenvalue weighted by atomic mass is 79.9. The van der Waals surface area contributed by atoms with Gasteiger partial charge in [0.15, 0.2) is 5.65 Å². The molecule has 3 rings (SSSR count). The number of hydrogen-bond acceptors (Lipinski definition) is 3. The molecular weight excluding hydrogens is 344 g/mol. The number of alkyl halides is 1. The van der Waals surface area contributed by atoms with Gasteiger partial charge in [0.05, 0.1) is 11.9 Å². The molecule has 2 aromatic heterocycles. The molecule has 1 atom stereocenters. The lowest BCUT2D eigenvalue weighted by Crippen LogP contribution is -2.38. The van der Waals surface area contributed by atoms with E-state index in [1.165, 1.54) is 0 Å². The number of piperidine rings is 1. The highest BCUT2D eigenvalue weighted by Crippen LogP contribution is 2.28. The second-order valence-electron chi connectivity index (χ2n) is 4.99. The van der Waals surface area contributed by atoms with Crippen molar-refractivity contribution in [1.82, 2.24) is 19.4 Å². The molecule has 1 amide bonds. The van der Waals surface area contributed by atoms with Crippen LogP contribution in [0.3, 0.4) is 0 Å². The number of imidazole rings is 1. The van der Waals surface area contributed by atoms with Gasteiger partial charge >= 0.3 is 0 Å². The maximum absolute atomic E-state index is 11.6. The van der Waals surface area contributed by atoms with Crippen LogP contribution in [0.5, 0.6) is 0 Å². The van der Waals surface area contributed by atoms with Crippen LogP contribution in [0.15, 0.2) is 16.7 Å². The standard InChI is InChI=1S/C13H14BrClN4O/c1-18-7-9(2-3-12(18)20)19-11(5-15)17-10-4-8(14)6-16-13(10)19/h4,6,9H,2-3,5,7H2,1H3. The number of likely N-dealkylation sites (tertiary alicyclic amines) is 1. The summed E-state index contributed by atoms with van der Waals surface area (Å²) in [6.07, 6.45) is 3.12. The largest absolute Gasteiger partial charge is 0.344 e. The number of hydrogen-bond donors (Lipinski definition) is 0. The van der Waals surface area contributed by atoms with Crippen molar-refractivity contribution in [2.45, 2.75) is 24.8 Å². The molecular formula is C13H14BrClN4O. The van der Waals surface area contributed by atoms with Crippen LogP contribution in [0, 0.1) is 0 Å². The van der Waals surface area contributed by atoms with Crippen LogP contribution >= 0.6 is 27.5 Å². The number of amides is 1. The number of nitrogens with zero attached hydrogens (tertiary/aromatic N) is 4. The quantitative estimate of drug-likeness (QED) is 0.777. The van der Waals surface area contributed by atoms with E-state index in [1.54, 1.807) is 11.1 Å². The van der Waals surface area contributed by atoms with E-state index in [1.807, 2.05) is 13.1 Å². The van der Waals surface area contributed by atoms with Crippen molar-refractivity contribution < 1.29 is 4.79 Å². The zero-order chi connectivity index (χ0) is 14.3. The van der Waals surface area contributed by atoms with E-state index in [0.717, 1.165) is 27.9 Å². The third-order valence-corrected chi connectivity index (χ3v) is 4.33. The lowest BCUT2D eigenvalue weighted by Gasteiger charge is -2.31. The third-order valence-electron chi connectivity index (χ3n) is 3.66. The van der Waals surface area contributed by atoms with Crippen molar-refractivity contribution >= 4 is 44.6 Å². The summed E-state index contributed by atoms with van der Waals surface area (Å²) in [5.41, 5.74) is 1.66. The number of carbonyl (C=O) groups excluding carboxylic acids is 1. The second-order valence-corrected chi connectivity index (χ2v) is 6.18. The topological polar surface area (TPSA) is 51.0 Å². The molecule has 1 aliphatic rings. The van der Waals surface area contributed by atoms with Gasteiger partial charge in [-0.3, -0.25) is 4.79 Å². The zero-order valence-corrected chi connectivity index (χ0v) is 13.4. The van der Waals surface area contributed by atoms with E-state index in [-0.39, 0.29) is 11.9 Å². The third kappa shape index (κ3) is 2.31. The fourth-order valence-corrected chi connectivity index (χ4v) is 3.19. The first-order chi connectivity index (χ1) is 9.60. The Balaban J connectivity index is 2.07. The summed E-state index contributed by atoms with van der Waals surface area (Å²) in [6.45, 7) is 0.673. The van der Waals surface area contributed by atoms with Gasteiger partial charge in [-0.15, -0.1) is 11.6 Å². The minimum absolute atomic E-state index is 0.185. The van der Waals surface area contributed by atoms with Crippen LogP contribution < -0.4 is 0 Å². The highest BCUT2D eigenvalue weighted by molar-refractivity contribution is 9.10. The normalized spacial score (nSPS) is 19.9. The van der Waals surface area contributed by atoms with E-state index in [2.05, 4.69) is 30.5 Å². The number of fused-ring (bicyclic) bond motifs is 1. The average molecular weight is 358 g/mol. The summed E-state index contributed by atoms with van der Waals surface area (Å²) in [7, 11) is 1.83. The monoisotopic (exact) mass is 356 g/mol. The molecule has 2 aromatic rings. The summed E-state index contributed by atoms with van der Waals surface area (Å²) in [5, 5.41) is 0. The first kappa shape index (κ1) is 13.8. The molecule has 5 nitrogen and oxygen atoms in total. The van der Waals surface area contributed by atoms with Gasteiger partial charge in [0.1, 0.15) is 11.3 Å². The summed E-state index contributed by atoms with van der Waals surface area (Å²) < 4.78 is 2.98. The van der Waals surface area contributed by atoms with Crippen molar-refractivity contribution in [1.29, 1.82) is 0 Å². The molecule has 0 aliphatic carbocycles. The van der Waals surface area contributed by atoms with Gasteiger partial charge in [-0.05, 0) is 28.4 Å². The Kier molecular flexibility index (Phi) is 3.69.